The zero-order valence-electron chi connectivity index (χ0n) is 15.3. The minimum Gasteiger partial charge on any atom is -0.352 e. The highest BCUT2D eigenvalue weighted by Gasteiger charge is 2.15. The first-order chi connectivity index (χ1) is 11.4. The van der Waals surface area contributed by atoms with Crippen LogP contribution in [0.25, 0.3) is 0 Å². The molecular weight excluding hydrogens is 304 g/mol. The molecule has 6 nitrogen and oxygen atoms in total. The molecule has 0 saturated heterocycles. The van der Waals surface area contributed by atoms with Gasteiger partial charge in [-0.05, 0) is 66.3 Å². The summed E-state index contributed by atoms with van der Waals surface area (Å²) in [5, 5.41) is 5.76. The molecule has 2 N–H and O–H groups in total. The average Bonchev–Trinajstić information content (AvgIpc) is 2.54. The smallest absolute Gasteiger partial charge is 0.252 e. The Balaban J connectivity index is 2.56. The van der Waals surface area contributed by atoms with Crippen LogP contribution in [0.1, 0.15) is 33.6 Å². The molecule has 0 saturated carbocycles. The Morgan fingerprint density at radius 3 is 1.50 bits per heavy atom. The van der Waals surface area contributed by atoms with Gasteiger partial charge in [-0.25, -0.2) is 0 Å². The van der Waals surface area contributed by atoms with Gasteiger partial charge in [0.25, 0.3) is 11.8 Å². The largest absolute Gasteiger partial charge is 0.352 e. The molecule has 0 fully saturated rings. The lowest BCUT2D eigenvalue weighted by Gasteiger charge is -2.13. The van der Waals surface area contributed by atoms with Crippen molar-refractivity contribution in [1.29, 1.82) is 0 Å². The number of amides is 2. The van der Waals surface area contributed by atoms with Crippen LogP contribution in [0.2, 0.25) is 0 Å². The van der Waals surface area contributed by atoms with Crippen molar-refractivity contribution in [1.82, 2.24) is 20.4 Å². The quantitative estimate of drug-likeness (QED) is 0.628. The fourth-order valence-electron chi connectivity index (χ4n) is 2.26. The van der Waals surface area contributed by atoms with Crippen LogP contribution >= 0.6 is 0 Å². The van der Waals surface area contributed by atoms with Crippen molar-refractivity contribution in [2.75, 3.05) is 54.4 Å². The van der Waals surface area contributed by atoms with E-state index in [9.17, 15) is 9.59 Å². The SMILES string of the molecule is CN(C)CCCNC(=O)c1ccccc1C(=O)NCCCN(C)C. The summed E-state index contributed by atoms with van der Waals surface area (Å²) < 4.78 is 0. The predicted molar refractivity (Wildman–Crippen MR) is 97.5 cm³/mol. The third-order valence-electron chi connectivity index (χ3n) is 3.55. The Hall–Kier alpha value is -1.92. The number of nitrogens with zero attached hydrogens (tertiary/aromatic N) is 2. The Labute approximate surface area is 145 Å². The second-order valence-corrected chi connectivity index (χ2v) is 6.37. The van der Waals surface area contributed by atoms with E-state index < -0.39 is 0 Å². The molecule has 0 heterocycles. The first-order valence-corrected chi connectivity index (χ1v) is 8.36. The third-order valence-corrected chi connectivity index (χ3v) is 3.55. The fraction of sp³-hybridized carbons (Fsp3) is 0.556. The number of benzene rings is 1. The van der Waals surface area contributed by atoms with E-state index >= 15 is 0 Å². The van der Waals surface area contributed by atoms with Gasteiger partial charge < -0.3 is 20.4 Å². The number of hydrogen-bond donors (Lipinski definition) is 2. The first-order valence-electron chi connectivity index (χ1n) is 8.36. The van der Waals surface area contributed by atoms with Gasteiger partial charge in [0.15, 0.2) is 0 Å². The summed E-state index contributed by atoms with van der Waals surface area (Å²) >= 11 is 0. The summed E-state index contributed by atoms with van der Waals surface area (Å²) in [4.78, 5) is 28.8. The summed E-state index contributed by atoms with van der Waals surface area (Å²) in [6, 6.07) is 6.93. The first kappa shape index (κ1) is 20.1. The van der Waals surface area contributed by atoms with E-state index in [1.807, 2.05) is 28.2 Å². The normalized spacial score (nSPS) is 10.9. The maximum absolute atomic E-state index is 12.3. The Morgan fingerprint density at radius 1 is 0.792 bits per heavy atom. The molecule has 0 bridgehead atoms. The van der Waals surface area contributed by atoms with Gasteiger partial charge in [-0.2, -0.15) is 0 Å². The Kier molecular flexibility index (Phi) is 9.04. The maximum Gasteiger partial charge on any atom is 0.252 e. The van der Waals surface area contributed by atoms with Crippen molar-refractivity contribution in [2.45, 2.75) is 12.8 Å². The summed E-state index contributed by atoms with van der Waals surface area (Å²) in [5.41, 5.74) is 0.847. The minimum atomic E-state index is -0.201. The average molecular weight is 334 g/mol. The summed E-state index contributed by atoms with van der Waals surface area (Å²) in [6.45, 7) is 3.01. The Bertz CT molecular complexity index is 483. The van der Waals surface area contributed by atoms with Crippen LogP contribution < -0.4 is 10.6 Å². The van der Waals surface area contributed by atoms with Gasteiger partial charge >= 0.3 is 0 Å². The van der Waals surface area contributed by atoms with Crippen LogP contribution in [0.4, 0.5) is 0 Å². The van der Waals surface area contributed by atoms with Gasteiger partial charge in [0.2, 0.25) is 0 Å². The van der Waals surface area contributed by atoms with Crippen molar-refractivity contribution >= 4 is 11.8 Å². The van der Waals surface area contributed by atoms with Gasteiger partial charge in [-0.1, -0.05) is 12.1 Å². The number of carbonyl (C=O) groups is 2. The van der Waals surface area contributed by atoms with E-state index in [0.717, 1.165) is 25.9 Å². The number of rotatable bonds is 10. The second kappa shape index (κ2) is 10.8. The van der Waals surface area contributed by atoms with E-state index in [1.165, 1.54) is 0 Å². The third kappa shape index (κ3) is 7.57. The standard InChI is InChI=1S/C18H30N4O2/c1-21(2)13-7-11-19-17(23)15-9-5-6-10-16(15)18(24)20-12-8-14-22(3)4/h5-6,9-10H,7-8,11-14H2,1-4H3,(H,19,23)(H,20,24). The molecule has 1 rings (SSSR count). The molecule has 0 unspecified atom stereocenters. The van der Waals surface area contributed by atoms with Crippen LogP contribution in [0.5, 0.6) is 0 Å². The minimum absolute atomic E-state index is 0.201. The highest BCUT2D eigenvalue weighted by molar-refractivity contribution is 6.07. The molecule has 1 aromatic carbocycles. The van der Waals surface area contributed by atoms with Crippen molar-refractivity contribution in [3.63, 3.8) is 0 Å². The summed E-state index contributed by atoms with van der Waals surface area (Å²) in [7, 11) is 7.99. The van der Waals surface area contributed by atoms with Crippen LogP contribution in [0.15, 0.2) is 24.3 Å². The molecule has 2 amide bonds. The van der Waals surface area contributed by atoms with Gasteiger partial charge in [0.05, 0.1) is 11.1 Å². The number of nitrogens with one attached hydrogen (secondary N) is 2. The van der Waals surface area contributed by atoms with Crippen LogP contribution in [-0.2, 0) is 0 Å². The van der Waals surface area contributed by atoms with Crippen LogP contribution in [-0.4, -0.2) is 76.0 Å². The van der Waals surface area contributed by atoms with E-state index in [-0.39, 0.29) is 11.8 Å². The molecule has 0 aromatic heterocycles. The lowest BCUT2D eigenvalue weighted by atomic mass is 10.1. The van der Waals surface area contributed by atoms with E-state index in [0.29, 0.717) is 24.2 Å². The molecular formula is C18H30N4O2. The predicted octanol–water partition coefficient (Wildman–Crippen LogP) is 1.05. The van der Waals surface area contributed by atoms with E-state index in [4.69, 9.17) is 0 Å². The van der Waals surface area contributed by atoms with Crippen molar-refractivity contribution < 1.29 is 9.59 Å². The highest BCUT2D eigenvalue weighted by Crippen LogP contribution is 2.08. The molecule has 0 aliphatic rings. The Morgan fingerprint density at radius 2 is 1.17 bits per heavy atom. The van der Waals surface area contributed by atoms with Crippen LogP contribution in [0.3, 0.4) is 0 Å². The van der Waals surface area contributed by atoms with Gasteiger partial charge in [-0.15, -0.1) is 0 Å². The molecule has 134 valence electrons. The molecule has 24 heavy (non-hydrogen) atoms. The van der Waals surface area contributed by atoms with Gasteiger partial charge in [0, 0.05) is 13.1 Å². The lowest BCUT2D eigenvalue weighted by Crippen LogP contribution is -2.31. The van der Waals surface area contributed by atoms with Crippen LogP contribution in [0, 0.1) is 0 Å². The summed E-state index contributed by atoms with van der Waals surface area (Å²) in [5.74, 6) is -0.402. The monoisotopic (exact) mass is 334 g/mol. The number of hydrogen-bond acceptors (Lipinski definition) is 4. The van der Waals surface area contributed by atoms with Crippen molar-refractivity contribution in [2.24, 2.45) is 0 Å². The summed E-state index contributed by atoms with van der Waals surface area (Å²) in [6.07, 6.45) is 1.75. The topological polar surface area (TPSA) is 64.7 Å². The highest BCUT2D eigenvalue weighted by atomic mass is 16.2. The van der Waals surface area contributed by atoms with Gasteiger partial charge in [0.1, 0.15) is 0 Å². The molecule has 0 aliphatic heterocycles. The molecule has 0 atom stereocenters. The van der Waals surface area contributed by atoms with E-state index in [1.54, 1.807) is 24.3 Å². The molecule has 1 aromatic rings. The number of carbonyl (C=O) groups excluding carboxylic acids is 2. The maximum atomic E-state index is 12.3. The molecule has 0 aliphatic carbocycles. The van der Waals surface area contributed by atoms with E-state index in [2.05, 4.69) is 20.4 Å². The molecule has 0 spiro atoms. The fourth-order valence-corrected chi connectivity index (χ4v) is 2.26. The molecule has 0 radical (unpaired) electrons. The zero-order chi connectivity index (χ0) is 17.9. The zero-order valence-corrected chi connectivity index (χ0v) is 15.3. The van der Waals surface area contributed by atoms with Crippen molar-refractivity contribution in [3.8, 4) is 0 Å². The van der Waals surface area contributed by atoms with Crippen molar-refractivity contribution in [3.05, 3.63) is 35.4 Å². The second-order valence-electron chi connectivity index (χ2n) is 6.37. The van der Waals surface area contributed by atoms with Gasteiger partial charge in [-0.3, -0.25) is 9.59 Å². The molecule has 6 heteroatoms. The lowest BCUT2D eigenvalue weighted by molar-refractivity contribution is 0.0918.